The Labute approximate surface area is 176 Å². The van der Waals surface area contributed by atoms with E-state index in [4.69, 9.17) is 17.5 Å². The van der Waals surface area contributed by atoms with Gasteiger partial charge in [-0.2, -0.15) is 0 Å². The Morgan fingerprint density at radius 3 is 0.857 bits per heavy atom. The van der Waals surface area contributed by atoms with Crippen LogP contribution in [0.1, 0.15) is 90.9 Å². The van der Waals surface area contributed by atoms with Gasteiger partial charge in [0.1, 0.15) is 0 Å². The molecule has 0 rings (SSSR count). The van der Waals surface area contributed by atoms with Crippen molar-refractivity contribution in [3.8, 4) is 0 Å². The standard InChI is InChI=1S/C14H30.2Na.H2O4S/c1-3-5-7-9-11-13-14-12-10-8-6-4-2;;;1-5(2,3)4/h3-14H2,1-2H3;;;(H2,1,2,3,4)/q;2*+1;/p-2. The van der Waals surface area contributed by atoms with Crippen LogP contribution in [0.2, 0.25) is 0 Å². The summed E-state index contributed by atoms with van der Waals surface area (Å²) in [5, 5.41) is 0. The summed E-state index contributed by atoms with van der Waals surface area (Å²) in [5.74, 6) is 0. The van der Waals surface area contributed by atoms with Crippen molar-refractivity contribution in [1.29, 1.82) is 0 Å². The largest absolute Gasteiger partial charge is 1.00 e. The van der Waals surface area contributed by atoms with Crippen molar-refractivity contribution in [3.63, 3.8) is 0 Å². The van der Waals surface area contributed by atoms with Crippen LogP contribution in [0, 0.1) is 0 Å². The first kappa shape index (κ1) is 30.7. The SMILES string of the molecule is CCCCCCCCCCCCCC.O=S(=O)([O-])[O-].[Na+].[Na+]. The molecule has 0 N–H and O–H groups in total. The number of hydrogen-bond acceptors (Lipinski definition) is 4. The summed E-state index contributed by atoms with van der Waals surface area (Å²) >= 11 is 0. The molecule has 7 heteroatoms. The van der Waals surface area contributed by atoms with Crippen molar-refractivity contribution in [2.75, 3.05) is 0 Å². The van der Waals surface area contributed by atoms with Crippen molar-refractivity contribution >= 4 is 10.4 Å². The minimum atomic E-state index is -5.17. The second kappa shape index (κ2) is 24.1. The Balaban J connectivity index is -0.000000179. The summed E-state index contributed by atoms with van der Waals surface area (Å²) in [6.45, 7) is 4.57. The van der Waals surface area contributed by atoms with Crippen LogP contribution >= 0.6 is 0 Å². The predicted molar refractivity (Wildman–Crippen MR) is 77.2 cm³/mol. The number of unbranched alkanes of at least 4 members (excludes halogenated alkanes) is 11. The molecule has 0 radical (unpaired) electrons. The van der Waals surface area contributed by atoms with E-state index in [1.807, 2.05) is 0 Å². The van der Waals surface area contributed by atoms with Crippen molar-refractivity contribution in [1.82, 2.24) is 0 Å². The number of rotatable bonds is 11. The van der Waals surface area contributed by atoms with Gasteiger partial charge < -0.3 is 9.11 Å². The van der Waals surface area contributed by atoms with E-state index in [2.05, 4.69) is 13.8 Å². The van der Waals surface area contributed by atoms with Gasteiger partial charge in [0, 0.05) is 10.4 Å². The molecule has 0 aliphatic carbocycles. The van der Waals surface area contributed by atoms with E-state index >= 15 is 0 Å². The molecule has 0 amide bonds. The summed E-state index contributed by atoms with van der Waals surface area (Å²) in [6, 6.07) is 0. The van der Waals surface area contributed by atoms with E-state index < -0.39 is 10.4 Å². The summed E-state index contributed by atoms with van der Waals surface area (Å²) < 4.78 is 34.1. The van der Waals surface area contributed by atoms with Gasteiger partial charge in [-0.05, 0) is 0 Å². The van der Waals surface area contributed by atoms with Gasteiger partial charge >= 0.3 is 59.1 Å². The zero-order valence-electron chi connectivity index (χ0n) is 14.5. The molecule has 4 nitrogen and oxygen atoms in total. The molecule has 21 heavy (non-hydrogen) atoms. The Kier molecular flexibility index (Phi) is 35.3. The minimum Gasteiger partial charge on any atom is -0.759 e. The molecular weight excluding hydrogens is 310 g/mol. The van der Waals surface area contributed by atoms with Crippen molar-refractivity contribution in [2.24, 2.45) is 0 Å². The third kappa shape index (κ3) is 52.1. The van der Waals surface area contributed by atoms with E-state index in [1.54, 1.807) is 0 Å². The molecule has 0 aliphatic rings. The van der Waals surface area contributed by atoms with Crippen LogP contribution in [-0.4, -0.2) is 17.5 Å². The molecule has 118 valence electrons. The van der Waals surface area contributed by atoms with Crippen molar-refractivity contribution in [3.05, 3.63) is 0 Å². The molecule has 0 saturated carbocycles. The van der Waals surface area contributed by atoms with E-state index in [0.717, 1.165) is 0 Å². The van der Waals surface area contributed by atoms with Crippen LogP contribution in [-0.2, 0) is 10.4 Å². The first-order chi connectivity index (χ1) is 8.91. The Bertz CT molecular complexity index is 240. The topological polar surface area (TPSA) is 80.3 Å². The second-order valence-electron chi connectivity index (χ2n) is 4.94. The average molecular weight is 340 g/mol. The van der Waals surface area contributed by atoms with Gasteiger partial charge in [-0.15, -0.1) is 0 Å². The van der Waals surface area contributed by atoms with Crippen LogP contribution in [0.25, 0.3) is 0 Å². The van der Waals surface area contributed by atoms with E-state index in [0.29, 0.717) is 0 Å². The van der Waals surface area contributed by atoms with E-state index in [9.17, 15) is 0 Å². The van der Waals surface area contributed by atoms with Gasteiger partial charge in [0.25, 0.3) is 0 Å². The van der Waals surface area contributed by atoms with Gasteiger partial charge in [-0.3, -0.25) is 8.42 Å². The fourth-order valence-corrected chi connectivity index (χ4v) is 1.91. The summed E-state index contributed by atoms with van der Waals surface area (Å²) in [7, 11) is -5.17. The number of hydrogen-bond donors (Lipinski definition) is 0. The first-order valence-corrected chi connectivity index (χ1v) is 8.91. The predicted octanol–water partition coefficient (Wildman–Crippen LogP) is -1.62. The van der Waals surface area contributed by atoms with Crippen LogP contribution in [0.3, 0.4) is 0 Å². The molecular formula is C14H30Na2O4S. The summed E-state index contributed by atoms with van der Waals surface area (Å²) in [5.41, 5.74) is 0. The van der Waals surface area contributed by atoms with E-state index in [-0.39, 0.29) is 59.1 Å². The molecule has 0 spiro atoms. The van der Waals surface area contributed by atoms with Gasteiger partial charge in [0.15, 0.2) is 0 Å². The molecule has 0 saturated heterocycles. The smallest absolute Gasteiger partial charge is 0.759 e. The Morgan fingerprint density at radius 1 is 0.571 bits per heavy atom. The summed E-state index contributed by atoms with van der Waals surface area (Å²) in [4.78, 5) is 0. The Morgan fingerprint density at radius 2 is 0.714 bits per heavy atom. The monoisotopic (exact) mass is 340 g/mol. The fourth-order valence-electron chi connectivity index (χ4n) is 1.91. The third-order valence-electron chi connectivity index (χ3n) is 2.96. The maximum absolute atomic E-state index is 8.52. The Hall–Kier alpha value is 1.87. The molecule has 0 unspecified atom stereocenters. The first-order valence-electron chi connectivity index (χ1n) is 7.58. The van der Waals surface area contributed by atoms with Crippen LogP contribution in [0.5, 0.6) is 0 Å². The van der Waals surface area contributed by atoms with Crippen LogP contribution in [0.15, 0.2) is 0 Å². The summed E-state index contributed by atoms with van der Waals surface area (Å²) in [6.07, 6.45) is 17.4. The van der Waals surface area contributed by atoms with Crippen LogP contribution in [0.4, 0.5) is 0 Å². The van der Waals surface area contributed by atoms with Crippen molar-refractivity contribution < 1.29 is 76.6 Å². The molecule has 0 aliphatic heterocycles. The van der Waals surface area contributed by atoms with Crippen LogP contribution < -0.4 is 59.1 Å². The molecule has 0 heterocycles. The fraction of sp³-hybridized carbons (Fsp3) is 1.00. The molecule has 0 atom stereocenters. The third-order valence-corrected chi connectivity index (χ3v) is 2.96. The van der Waals surface area contributed by atoms with E-state index in [1.165, 1.54) is 77.0 Å². The minimum absolute atomic E-state index is 0. The van der Waals surface area contributed by atoms with Gasteiger partial charge in [0.2, 0.25) is 0 Å². The van der Waals surface area contributed by atoms with Gasteiger partial charge in [-0.25, -0.2) is 0 Å². The quantitative estimate of drug-likeness (QED) is 0.196. The maximum atomic E-state index is 8.52. The molecule has 0 fully saturated rings. The molecule has 0 aromatic rings. The zero-order chi connectivity index (χ0) is 15.0. The van der Waals surface area contributed by atoms with Gasteiger partial charge in [-0.1, -0.05) is 90.9 Å². The van der Waals surface area contributed by atoms with Crippen molar-refractivity contribution in [2.45, 2.75) is 90.9 Å². The zero-order valence-corrected chi connectivity index (χ0v) is 19.3. The molecule has 0 bridgehead atoms. The van der Waals surface area contributed by atoms with Gasteiger partial charge in [0.05, 0.1) is 0 Å². The molecule has 0 aromatic carbocycles. The normalized spacial score (nSPS) is 9.90. The second-order valence-corrected chi connectivity index (χ2v) is 5.76. The molecule has 0 aromatic heterocycles. The maximum Gasteiger partial charge on any atom is 1.00 e. The average Bonchev–Trinajstić information content (AvgIpc) is 2.29.